The van der Waals surface area contributed by atoms with E-state index < -0.39 is 23.8 Å². The summed E-state index contributed by atoms with van der Waals surface area (Å²) in [4.78, 5) is 11.2. The van der Waals surface area contributed by atoms with E-state index >= 15 is 0 Å². The van der Waals surface area contributed by atoms with Crippen LogP contribution in [0.15, 0.2) is 42.0 Å². The van der Waals surface area contributed by atoms with Crippen molar-refractivity contribution in [3.63, 3.8) is 0 Å². The molecule has 0 amide bonds. The van der Waals surface area contributed by atoms with E-state index in [1.807, 2.05) is 31.2 Å². The molecule has 0 aliphatic carbocycles. The van der Waals surface area contributed by atoms with Crippen molar-refractivity contribution in [3.8, 4) is 5.75 Å². The fourth-order valence-corrected chi connectivity index (χ4v) is 3.06. The number of carboxylic acid groups (broad SMARTS) is 1. The molecule has 0 spiro atoms. The number of carbonyl (C=O) groups is 1. The molecule has 138 valence electrons. The first-order valence-corrected chi connectivity index (χ1v) is 8.10. The molecule has 0 radical (unpaired) electrons. The van der Waals surface area contributed by atoms with Crippen LogP contribution in [0, 0.1) is 6.92 Å². The van der Waals surface area contributed by atoms with Crippen molar-refractivity contribution in [1.82, 2.24) is 0 Å². The Balaban J connectivity index is 0.00000261. The minimum absolute atomic E-state index is 0. The Morgan fingerprint density at radius 2 is 1.89 bits per heavy atom. The van der Waals surface area contributed by atoms with Gasteiger partial charge in [-0.15, -0.1) is 0 Å². The summed E-state index contributed by atoms with van der Waals surface area (Å²) in [6.45, 7) is 1.93. The van der Waals surface area contributed by atoms with E-state index in [1.165, 1.54) is 12.1 Å². The number of fused-ring (bicyclic) bond motifs is 1. The summed E-state index contributed by atoms with van der Waals surface area (Å²) < 4.78 is 44.5. The van der Waals surface area contributed by atoms with Gasteiger partial charge in [-0.2, -0.15) is 13.2 Å². The van der Waals surface area contributed by atoms with Crippen LogP contribution >= 0.6 is 11.6 Å². The Labute approximate surface area is 181 Å². The molecule has 1 aliphatic rings. The van der Waals surface area contributed by atoms with Crippen LogP contribution < -0.4 is 4.74 Å². The van der Waals surface area contributed by atoms with Gasteiger partial charge in [-0.05, 0) is 48.2 Å². The average molecular weight is 407 g/mol. The maximum absolute atomic E-state index is 13.2. The summed E-state index contributed by atoms with van der Waals surface area (Å²) in [6.07, 6.45) is -5.96. The van der Waals surface area contributed by atoms with Crippen molar-refractivity contribution < 1.29 is 27.8 Å². The first-order valence-electron chi connectivity index (χ1n) is 7.72. The number of halogens is 4. The normalized spacial score (nSPS) is 15.9. The van der Waals surface area contributed by atoms with Crippen molar-refractivity contribution in [2.45, 2.75) is 25.6 Å². The van der Waals surface area contributed by atoms with E-state index in [0.29, 0.717) is 17.0 Å². The van der Waals surface area contributed by atoms with Gasteiger partial charge >= 0.3 is 41.7 Å². The predicted molar refractivity (Wildman–Crippen MR) is 98.7 cm³/mol. The van der Waals surface area contributed by atoms with Crippen molar-refractivity contribution >= 4 is 53.2 Å². The molecule has 3 nitrogen and oxygen atoms in total. The first-order chi connectivity index (χ1) is 12.2. The van der Waals surface area contributed by atoms with Crippen LogP contribution in [0.3, 0.4) is 0 Å². The minimum atomic E-state index is -4.84. The second-order valence-corrected chi connectivity index (χ2v) is 6.44. The molecule has 27 heavy (non-hydrogen) atoms. The van der Waals surface area contributed by atoms with E-state index in [4.69, 9.17) is 21.4 Å². The summed E-state index contributed by atoms with van der Waals surface area (Å²) in [7, 11) is 0. The molecule has 8 heteroatoms. The molecule has 2 aromatic carbocycles. The van der Waals surface area contributed by atoms with E-state index in [1.54, 1.807) is 0 Å². The fourth-order valence-electron chi connectivity index (χ4n) is 2.83. The second kappa shape index (κ2) is 8.27. The molecular weight excluding hydrogens is 392 g/mol. The van der Waals surface area contributed by atoms with Gasteiger partial charge in [-0.25, -0.2) is 4.79 Å². The zero-order chi connectivity index (χ0) is 19.1. The third-order valence-corrected chi connectivity index (χ3v) is 4.56. The Morgan fingerprint density at radius 1 is 1.22 bits per heavy atom. The van der Waals surface area contributed by atoms with Gasteiger partial charge in [0.2, 0.25) is 6.10 Å². The van der Waals surface area contributed by atoms with Gasteiger partial charge in [0.25, 0.3) is 0 Å². The van der Waals surface area contributed by atoms with Gasteiger partial charge in [-0.1, -0.05) is 35.9 Å². The van der Waals surface area contributed by atoms with Crippen LogP contribution in [-0.2, 0) is 11.2 Å². The van der Waals surface area contributed by atoms with E-state index in [-0.39, 0.29) is 40.9 Å². The number of aryl methyl sites for hydroxylation is 1. The molecule has 1 unspecified atom stereocenters. The van der Waals surface area contributed by atoms with Crippen molar-refractivity contribution in [2.75, 3.05) is 0 Å². The van der Waals surface area contributed by atoms with Crippen LogP contribution in [0.1, 0.15) is 22.3 Å². The van der Waals surface area contributed by atoms with Gasteiger partial charge in [-0.3, -0.25) is 0 Å². The van der Waals surface area contributed by atoms with Crippen LogP contribution in [0.25, 0.3) is 6.08 Å². The summed E-state index contributed by atoms with van der Waals surface area (Å²) in [5.74, 6) is -1.72. The zero-order valence-electron chi connectivity index (χ0n) is 13.6. The molecule has 0 saturated heterocycles. The van der Waals surface area contributed by atoms with Crippen LogP contribution in [-0.4, -0.2) is 52.9 Å². The number of alkyl halides is 3. The number of hydrogen-bond acceptors (Lipinski definition) is 2. The third kappa shape index (κ3) is 4.69. The van der Waals surface area contributed by atoms with Crippen molar-refractivity contribution in [3.05, 3.63) is 69.2 Å². The molecule has 3 rings (SSSR count). The van der Waals surface area contributed by atoms with Crippen LogP contribution in [0.2, 0.25) is 5.02 Å². The summed E-state index contributed by atoms with van der Waals surface area (Å²) in [5.41, 5.74) is 1.96. The summed E-state index contributed by atoms with van der Waals surface area (Å²) >= 11 is 6.26. The molecular formula is C19H15ClF3NaO3. The van der Waals surface area contributed by atoms with E-state index in [0.717, 1.165) is 17.2 Å². The number of aliphatic carboxylic acids is 1. The topological polar surface area (TPSA) is 46.5 Å². The summed E-state index contributed by atoms with van der Waals surface area (Å²) in [6, 6.07) is 10.5. The van der Waals surface area contributed by atoms with Gasteiger partial charge in [0, 0.05) is 10.6 Å². The van der Waals surface area contributed by atoms with Crippen molar-refractivity contribution in [2.24, 2.45) is 0 Å². The Morgan fingerprint density at radius 3 is 2.48 bits per heavy atom. The second-order valence-electron chi connectivity index (χ2n) is 6.03. The molecule has 1 atom stereocenters. The molecule has 0 aromatic heterocycles. The zero-order valence-corrected chi connectivity index (χ0v) is 14.4. The van der Waals surface area contributed by atoms with Crippen LogP contribution in [0.4, 0.5) is 13.2 Å². The van der Waals surface area contributed by atoms with E-state index in [9.17, 15) is 18.0 Å². The molecule has 0 bridgehead atoms. The molecule has 1 N–H and O–H groups in total. The molecule has 1 aliphatic heterocycles. The first kappa shape index (κ1) is 21.8. The number of ether oxygens (including phenoxy) is 1. The Bertz CT molecular complexity index is 910. The van der Waals surface area contributed by atoms with E-state index in [2.05, 4.69) is 0 Å². The Kier molecular flexibility index (Phi) is 6.68. The van der Waals surface area contributed by atoms with Gasteiger partial charge in [0.05, 0.1) is 5.57 Å². The third-order valence-electron chi connectivity index (χ3n) is 4.20. The number of benzene rings is 2. The molecule has 0 fully saturated rings. The number of hydrogen-bond donors (Lipinski definition) is 1. The van der Waals surface area contributed by atoms with Gasteiger partial charge < -0.3 is 9.84 Å². The average Bonchev–Trinajstić information content (AvgIpc) is 2.55. The maximum atomic E-state index is 13.2. The van der Waals surface area contributed by atoms with Gasteiger partial charge in [0.15, 0.2) is 0 Å². The standard InChI is InChI=1S/C19H14ClF3O3.Na.H/c1-10-4-2-3-5-11(10)6-12-9-16-13(8-15(12)20)7-14(18(24)25)17(26-16)19(21,22)23;;/h2-5,7-9,17H,6H2,1H3,(H,24,25);;. The fraction of sp³-hybridized carbons (Fsp3) is 0.211. The summed E-state index contributed by atoms with van der Waals surface area (Å²) in [5, 5.41) is 9.40. The predicted octanol–water partition coefficient (Wildman–Crippen LogP) is 4.38. The molecule has 2 aromatic rings. The molecule has 0 saturated carbocycles. The molecule has 1 heterocycles. The SMILES string of the molecule is Cc1ccccc1Cc1cc2c(cc1Cl)C=C(C(=O)O)C(C(F)(F)F)O2.[NaH]. The monoisotopic (exact) mass is 406 g/mol. The van der Waals surface area contributed by atoms with Crippen molar-refractivity contribution in [1.29, 1.82) is 0 Å². The number of carboxylic acids is 1. The van der Waals surface area contributed by atoms with Gasteiger partial charge in [0.1, 0.15) is 5.75 Å². The quantitative estimate of drug-likeness (QED) is 0.769. The Hall–Kier alpha value is -1.47. The number of rotatable bonds is 3. The van der Waals surface area contributed by atoms with Crippen LogP contribution in [0.5, 0.6) is 5.75 Å².